The summed E-state index contributed by atoms with van der Waals surface area (Å²) in [6.45, 7) is 8.17. The van der Waals surface area contributed by atoms with Crippen molar-refractivity contribution in [3.05, 3.63) is 22.9 Å². The van der Waals surface area contributed by atoms with E-state index >= 15 is 0 Å². The fourth-order valence-electron chi connectivity index (χ4n) is 2.19. The van der Waals surface area contributed by atoms with Crippen LogP contribution >= 0.6 is 11.8 Å². The smallest absolute Gasteiger partial charge is 0.147 e. The molecule has 0 saturated carbocycles. The van der Waals surface area contributed by atoms with E-state index in [9.17, 15) is 5.26 Å². The zero-order chi connectivity index (χ0) is 12.4. The van der Waals surface area contributed by atoms with Gasteiger partial charge in [0.25, 0.3) is 0 Å². The van der Waals surface area contributed by atoms with Gasteiger partial charge in [0.1, 0.15) is 11.9 Å². The van der Waals surface area contributed by atoms with Crippen molar-refractivity contribution in [3.8, 4) is 6.07 Å². The molecule has 1 aliphatic heterocycles. The van der Waals surface area contributed by atoms with Gasteiger partial charge in [-0.3, -0.25) is 0 Å². The van der Waals surface area contributed by atoms with Crippen LogP contribution in [0.4, 0.5) is 5.82 Å². The lowest BCUT2D eigenvalue weighted by Crippen LogP contribution is -2.37. The van der Waals surface area contributed by atoms with E-state index < -0.39 is 0 Å². The third-order valence-corrected chi connectivity index (χ3v) is 4.11. The van der Waals surface area contributed by atoms with Crippen LogP contribution in [0.25, 0.3) is 0 Å². The second-order valence-corrected chi connectivity index (χ2v) is 6.06. The Kier molecular flexibility index (Phi) is 3.58. The summed E-state index contributed by atoms with van der Waals surface area (Å²) >= 11 is 1.99. The van der Waals surface area contributed by atoms with E-state index in [4.69, 9.17) is 0 Å². The van der Waals surface area contributed by atoms with Gasteiger partial charge in [-0.2, -0.15) is 17.0 Å². The molecular formula is C13H17N3S. The summed E-state index contributed by atoms with van der Waals surface area (Å²) in [4.78, 5) is 6.81. The second kappa shape index (κ2) is 4.97. The zero-order valence-electron chi connectivity index (χ0n) is 10.5. The van der Waals surface area contributed by atoms with Crippen molar-refractivity contribution in [1.29, 1.82) is 5.26 Å². The van der Waals surface area contributed by atoms with Crippen LogP contribution < -0.4 is 4.90 Å². The molecule has 1 unspecified atom stereocenters. The molecule has 0 radical (unpaired) electrons. The maximum atomic E-state index is 9.26. The van der Waals surface area contributed by atoms with Crippen molar-refractivity contribution in [3.63, 3.8) is 0 Å². The highest BCUT2D eigenvalue weighted by Crippen LogP contribution is 2.26. The van der Waals surface area contributed by atoms with Crippen LogP contribution in [0.15, 0.2) is 6.07 Å². The highest BCUT2D eigenvalue weighted by molar-refractivity contribution is 8.00. The number of hydrogen-bond acceptors (Lipinski definition) is 4. The summed E-state index contributed by atoms with van der Waals surface area (Å²) in [5, 5.41) is 9.87. The van der Waals surface area contributed by atoms with E-state index in [0.29, 0.717) is 5.25 Å². The second-order valence-electron chi connectivity index (χ2n) is 4.52. The molecule has 1 saturated heterocycles. The highest BCUT2D eigenvalue weighted by Gasteiger charge is 2.21. The molecule has 0 N–H and O–H groups in total. The summed E-state index contributed by atoms with van der Waals surface area (Å²) in [7, 11) is 0. The highest BCUT2D eigenvalue weighted by atomic mass is 32.2. The fourth-order valence-corrected chi connectivity index (χ4v) is 3.21. The number of aromatic nitrogens is 1. The Hall–Kier alpha value is -1.21. The van der Waals surface area contributed by atoms with Crippen LogP contribution in [0.2, 0.25) is 0 Å². The molecule has 0 amide bonds. The van der Waals surface area contributed by atoms with Crippen LogP contribution in [-0.4, -0.2) is 29.1 Å². The molecule has 1 aliphatic rings. The number of hydrogen-bond donors (Lipinski definition) is 0. The van der Waals surface area contributed by atoms with Gasteiger partial charge in [-0.15, -0.1) is 0 Å². The van der Waals surface area contributed by atoms with Crippen molar-refractivity contribution < 1.29 is 0 Å². The van der Waals surface area contributed by atoms with Gasteiger partial charge in [0, 0.05) is 29.8 Å². The van der Waals surface area contributed by atoms with Gasteiger partial charge in [-0.25, -0.2) is 4.98 Å². The topological polar surface area (TPSA) is 39.9 Å². The molecule has 1 aromatic rings. The van der Waals surface area contributed by atoms with Crippen molar-refractivity contribution in [2.24, 2.45) is 0 Å². The first kappa shape index (κ1) is 12.3. The molecular weight excluding hydrogens is 230 g/mol. The number of anilines is 1. The van der Waals surface area contributed by atoms with Gasteiger partial charge in [0.2, 0.25) is 0 Å². The standard InChI is InChI=1S/C13H17N3S/c1-9-6-10(2)15-13(12(9)7-14)16-4-5-17-11(3)8-16/h6,11H,4-5,8H2,1-3H3. The van der Waals surface area contributed by atoms with Gasteiger partial charge in [0.15, 0.2) is 0 Å². The van der Waals surface area contributed by atoms with Crippen molar-refractivity contribution >= 4 is 17.6 Å². The lowest BCUT2D eigenvalue weighted by Gasteiger charge is -2.32. The van der Waals surface area contributed by atoms with Gasteiger partial charge in [-0.05, 0) is 25.5 Å². The number of pyridine rings is 1. The molecule has 0 aliphatic carbocycles. The molecule has 2 heterocycles. The molecule has 0 spiro atoms. The van der Waals surface area contributed by atoms with Crippen LogP contribution in [0.3, 0.4) is 0 Å². The molecule has 0 bridgehead atoms. The van der Waals surface area contributed by atoms with Crippen LogP contribution in [0.5, 0.6) is 0 Å². The summed E-state index contributed by atoms with van der Waals surface area (Å²) < 4.78 is 0. The molecule has 1 fully saturated rings. The molecule has 1 atom stereocenters. The third kappa shape index (κ3) is 2.55. The summed E-state index contributed by atoms with van der Waals surface area (Å²) in [5.74, 6) is 1.98. The number of thioether (sulfide) groups is 1. The fraction of sp³-hybridized carbons (Fsp3) is 0.538. The summed E-state index contributed by atoms with van der Waals surface area (Å²) in [6.07, 6.45) is 0. The number of nitrogens with zero attached hydrogens (tertiary/aromatic N) is 3. The molecule has 90 valence electrons. The molecule has 0 aromatic carbocycles. The Labute approximate surface area is 107 Å². The quantitative estimate of drug-likeness (QED) is 0.764. The van der Waals surface area contributed by atoms with Gasteiger partial charge < -0.3 is 4.90 Å². The molecule has 1 aromatic heterocycles. The minimum absolute atomic E-state index is 0.609. The largest absolute Gasteiger partial charge is 0.354 e. The van der Waals surface area contributed by atoms with E-state index in [-0.39, 0.29) is 0 Å². The van der Waals surface area contributed by atoms with Gasteiger partial charge in [-0.1, -0.05) is 6.92 Å². The van der Waals surface area contributed by atoms with Crippen LogP contribution in [0.1, 0.15) is 23.7 Å². The first-order chi connectivity index (χ1) is 8.11. The first-order valence-electron chi connectivity index (χ1n) is 5.86. The number of rotatable bonds is 1. The predicted octanol–water partition coefficient (Wildman–Crippen LogP) is 2.51. The summed E-state index contributed by atoms with van der Waals surface area (Å²) in [6, 6.07) is 4.27. The van der Waals surface area contributed by atoms with Gasteiger partial charge >= 0.3 is 0 Å². The van der Waals surface area contributed by atoms with E-state index in [0.717, 1.165) is 41.5 Å². The van der Waals surface area contributed by atoms with E-state index in [2.05, 4.69) is 22.9 Å². The Bertz CT molecular complexity index is 464. The zero-order valence-corrected chi connectivity index (χ0v) is 11.3. The Morgan fingerprint density at radius 2 is 2.29 bits per heavy atom. The van der Waals surface area contributed by atoms with Crippen molar-refractivity contribution in [2.75, 3.05) is 23.7 Å². The van der Waals surface area contributed by atoms with E-state index in [1.165, 1.54) is 0 Å². The average Bonchev–Trinajstić information content (AvgIpc) is 2.28. The lowest BCUT2D eigenvalue weighted by atomic mass is 10.1. The minimum atomic E-state index is 0.609. The van der Waals surface area contributed by atoms with Gasteiger partial charge in [0.05, 0.1) is 5.56 Å². The minimum Gasteiger partial charge on any atom is -0.354 e. The van der Waals surface area contributed by atoms with Crippen molar-refractivity contribution in [1.82, 2.24) is 4.98 Å². The predicted molar refractivity (Wildman–Crippen MR) is 72.6 cm³/mol. The van der Waals surface area contributed by atoms with Crippen LogP contribution in [-0.2, 0) is 0 Å². The van der Waals surface area contributed by atoms with E-state index in [1.807, 2.05) is 31.7 Å². The maximum absolute atomic E-state index is 9.26. The molecule has 4 heteroatoms. The normalized spacial score (nSPS) is 20.1. The Morgan fingerprint density at radius 3 is 2.94 bits per heavy atom. The van der Waals surface area contributed by atoms with Crippen LogP contribution in [0, 0.1) is 25.2 Å². The lowest BCUT2D eigenvalue weighted by molar-refractivity contribution is 0.766. The third-order valence-electron chi connectivity index (χ3n) is 2.98. The summed E-state index contributed by atoms with van der Waals surface area (Å²) in [5.41, 5.74) is 2.75. The number of aryl methyl sites for hydroxylation is 2. The monoisotopic (exact) mass is 247 g/mol. The maximum Gasteiger partial charge on any atom is 0.147 e. The molecule has 17 heavy (non-hydrogen) atoms. The van der Waals surface area contributed by atoms with Crippen molar-refractivity contribution in [2.45, 2.75) is 26.0 Å². The Balaban J connectivity index is 2.40. The number of nitriles is 1. The average molecular weight is 247 g/mol. The molecule has 2 rings (SSSR count). The van der Waals surface area contributed by atoms with E-state index in [1.54, 1.807) is 0 Å². The SMILES string of the molecule is Cc1cc(C)c(C#N)c(N2CCSC(C)C2)n1. The first-order valence-corrected chi connectivity index (χ1v) is 6.91. The molecule has 3 nitrogen and oxygen atoms in total. The Morgan fingerprint density at radius 1 is 1.53 bits per heavy atom.